The normalized spacial score (nSPS) is 30.7. The molecule has 2 aromatic heterocycles. The molecule has 1 saturated carbocycles. The third kappa shape index (κ3) is 2.59. The van der Waals surface area contributed by atoms with Gasteiger partial charge in [-0.15, -0.1) is 4.73 Å². The Balaban J connectivity index is 1.57. The molecule has 2 aliphatic rings. The van der Waals surface area contributed by atoms with Gasteiger partial charge in [0.2, 0.25) is 5.65 Å². The van der Waals surface area contributed by atoms with Gasteiger partial charge in [0.25, 0.3) is 6.29 Å². The Morgan fingerprint density at radius 2 is 2.09 bits per heavy atom. The van der Waals surface area contributed by atoms with Crippen LogP contribution in [0.4, 0.5) is 5.82 Å². The molecule has 1 aliphatic carbocycles. The molecule has 4 N–H and O–H groups in total. The predicted octanol–water partition coefficient (Wildman–Crippen LogP) is -1.73. The van der Waals surface area contributed by atoms with Gasteiger partial charge >= 0.3 is 0 Å². The van der Waals surface area contributed by atoms with Crippen molar-refractivity contribution in [3.05, 3.63) is 12.7 Å². The molecule has 0 aromatic carbocycles. The van der Waals surface area contributed by atoms with Crippen LogP contribution in [0.1, 0.15) is 12.8 Å². The topological polar surface area (TPSA) is 135 Å². The van der Waals surface area contributed by atoms with Crippen molar-refractivity contribution < 1.29 is 24.9 Å². The van der Waals surface area contributed by atoms with Crippen LogP contribution >= 0.6 is 0 Å². The minimum absolute atomic E-state index is 0.416. The fourth-order valence-electron chi connectivity index (χ4n) is 2.48. The zero-order chi connectivity index (χ0) is 16.0. The lowest BCUT2D eigenvalue weighted by Gasteiger charge is -2.16. The molecule has 3 heterocycles. The van der Waals surface area contributed by atoms with Crippen LogP contribution in [0.25, 0.3) is 11.2 Å². The lowest BCUT2D eigenvalue weighted by atomic mass is 10.1. The summed E-state index contributed by atoms with van der Waals surface area (Å²) in [5.74, 6) is 0.626. The van der Waals surface area contributed by atoms with E-state index < -0.39 is 31.2 Å². The Morgan fingerprint density at radius 3 is 2.78 bits per heavy atom. The summed E-state index contributed by atoms with van der Waals surface area (Å²) in [4.78, 5) is 18.0. The zero-order valence-corrected chi connectivity index (χ0v) is 12.1. The van der Waals surface area contributed by atoms with E-state index in [-0.39, 0.29) is 0 Å². The first kappa shape index (κ1) is 14.6. The van der Waals surface area contributed by atoms with E-state index in [1.807, 2.05) is 0 Å². The molecule has 1 aliphatic heterocycles. The van der Waals surface area contributed by atoms with E-state index >= 15 is 0 Å². The highest BCUT2D eigenvalue weighted by Crippen LogP contribution is 2.27. The van der Waals surface area contributed by atoms with Crippen molar-refractivity contribution in [2.45, 2.75) is 43.5 Å². The van der Waals surface area contributed by atoms with Crippen molar-refractivity contribution in [1.82, 2.24) is 19.7 Å². The first-order chi connectivity index (χ1) is 11.2. The first-order valence-electron chi connectivity index (χ1n) is 7.41. The number of fused-ring (bicyclic) bond motifs is 1. The van der Waals surface area contributed by atoms with Gasteiger partial charge in [0, 0.05) is 6.04 Å². The number of rotatable bonds is 5. The number of hydrogen-bond acceptors (Lipinski definition) is 9. The maximum Gasteiger partial charge on any atom is 0.254 e. The summed E-state index contributed by atoms with van der Waals surface area (Å²) < 4.78 is 6.54. The highest BCUT2D eigenvalue weighted by Gasteiger charge is 2.44. The number of aromatic nitrogens is 4. The second-order valence-corrected chi connectivity index (χ2v) is 5.70. The summed E-state index contributed by atoms with van der Waals surface area (Å²) in [5.41, 5.74) is 0.965. The smallest absolute Gasteiger partial charge is 0.254 e. The number of aliphatic hydroxyl groups excluding tert-OH is 3. The Morgan fingerprint density at radius 1 is 1.26 bits per heavy atom. The Kier molecular flexibility index (Phi) is 3.53. The van der Waals surface area contributed by atoms with Gasteiger partial charge < -0.3 is 30.2 Å². The molecule has 1 saturated heterocycles. The van der Waals surface area contributed by atoms with Gasteiger partial charge in [0.1, 0.15) is 31.0 Å². The van der Waals surface area contributed by atoms with Crippen molar-refractivity contribution in [1.29, 1.82) is 0 Å². The molecule has 0 bridgehead atoms. The average molecular weight is 323 g/mol. The molecule has 23 heavy (non-hydrogen) atoms. The van der Waals surface area contributed by atoms with Crippen LogP contribution < -0.4 is 10.2 Å². The van der Waals surface area contributed by atoms with Gasteiger partial charge in [-0.2, -0.15) is 0 Å². The summed E-state index contributed by atoms with van der Waals surface area (Å²) in [7, 11) is 0. The molecule has 10 heteroatoms. The van der Waals surface area contributed by atoms with E-state index in [2.05, 4.69) is 20.3 Å². The van der Waals surface area contributed by atoms with Crippen LogP contribution in [0.5, 0.6) is 0 Å². The average Bonchev–Trinajstić information content (AvgIpc) is 3.22. The van der Waals surface area contributed by atoms with Crippen molar-refractivity contribution in [2.75, 3.05) is 11.9 Å². The van der Waals surface area contributed by atoms with Crippen LogP contribution in [0.3, 0.4) is 0 Å². The highest BCUT2D eigenvalue weighted by molar-refractivity contribution is 5.82. The third-order valence-electron chi connectivity index (χ3n) is 3.94. The highest BCUT2D eigenvalue weighted by atomic mass is 16.8. The van der Waals surface area contributed by atoms with Crippen molar-refractivity contribution in [3.63, 3.8) is 0 Å². The molecule has 4 atom stereocenters. The molecule has 10 nitrogen and oxygen atoms in total. The number of nitrogens with one attached hydrogen (secondary N) is 1. The van der Waals surface area contributed by atoms with Crippen LogP contribution in [0, 0.1) is 0 Å². The lowest BCUT2D eigenvalue weighted by molar-refractivity contribution is -0.169. The van der Waals surface area contributed by atoms with E-state index in [1.165, 1.54) is 17.4 Å². The molecular weight excluding hydrogens is 306 g/mol. The van der Waals surface area contributed by atoms with E-state index in [0.717, 1.165) is 12.8 Å². The number of imidazole rings is 1. The number of aliphatic hydroxyl groups is 3. The zero-order valence-electron chi connectivity index (χ0n) is 12.1. The number of nitrogens with zero attached hydrogens (tertiary/aromatic N) is 4. The first-order valence-corrected chi connectivity index (χ1v) is 7.41. The minimum Gasteiger partial charge on any atom is -0.394 e. The van der Waals surface area contributed by atoms with Gasteiger partial charge in [0.05, 0.1) is 6.61 Å². The van der Waals surface area contributed by atoms with Crippen LogP contribution in [0.15, 0.2) is 12.7 Å². The van der Waals surface area contributed by atoms with Gasteiger partial charge in [-0.1, -0.05) is 0 Å². The van der Waals surface area contributed by atoms with Gasteiger partial charge in [-0.3, -0.25) is 0 Å². The summed E-state index contributed by atoms with van der Waals surface area (Å²) in [5, 5.41) is 32.0. The van der Waals surface area contributed by atoms with Gasteiger partial charge in [-0.25, -0.2) is 15.0 Å². The SMILES string of the molecule is OC[C@H]1O[C@@H](On2cnc3c(NC4CC4)ncnc32)[C@@H](O)[C@@H]1O. The monoisotopic (exact) mass is 323 g/mol. The molecular formula is C13H17N5O5. The fraction of sp³-hybridized carbons (Fsp3) is 0.615. The third-order valence-corrected chi connectivity index (χ3v) is 3.94. The van der Waals surface area contributed by atoms with Crippen molar-refractivity contribution in [2.24, 2.45) is 0 Å². The van der Waals surface area contributed by atoms with E-state index in [0.29, 0.717) is 23.0 Å². The minimum atomic E-state index is -1.28. The fourth-order valence-corrected chi connectivity index (χ4v) is 2.48. The molecule has 2 aromatic rings. The maximum atomic E-state index is 9.92. The lowest BCUT2D eigenvalue weighted by Crippen LogP contribution is -2.38. The molecule has 0 radical (unpaired) electrons. The van der Waals surface area contributed by atoms with Crippen LogP contribution in [-0.2, 0) is 4.74 Å². The largest absolute Gasteiger partial charge is 0.394 e. The van der Waals surface area contributed by atoms with Crippen molar-refractivity contribution in [3.8, 4) is 0 Å². The number of ether oxygens (including phenoxy) is 1. The second-order valence-electron chi connectivity index (χ2n) is 5.70. The van der Waals surface area contributed by atoms with Crippen molar-refractivity contribution >= 4 is 17.0 Å². The Bertz CT molecular complexity index is 705. The Labute approximate surface area is 130 Å². The van der Waals surface area contributed by atoms with Gasteiger partial charge in [0.15, 0.2) is 11.3 Å². The summed E-state index contributed by atoms with van der Waals surface area (Å²) in [6.45, 7) is -0.416. The second kappa shape index (κ2) is 5.57. The molecule has 0 unspecified atom stereocenters. The molecule has 0 spiro atoms. The maximum absolute atomic E-state index is 9.92. The summed E-state index contributed by atoms with van der Waals surface area (Å²) in [6, 6.07) is 0.416. The predicted molar refractivity (Wildman–Crippen MR) is 76.3 cm³/mol. The summed E-state index contributed by atoms with van der Waals surface area (Å²) >= 11 is 0. The Hall–Kier alpha value is -2.01. The van der Waals surface area contributed by atoms with Crippen LogP contribution in [0.2, 0.25) is 0 Å². The molecule has 0 amide bonds. The van der Waals surface area contributed by atoms with Crippen LogP contribution in [-0.4, -0.2) is 72.3 Å². The summed E-state index contributed by atoms with van der Waals surface area (Å²) in [6.07, 6.45) is 0.465. The standard InChI is InChI=1S/C13H17N5O5/c19-3-7-9(20)10(21)13(22-7)23-18-5-16-8-11(17-6-1-2-6)14-4-15-12(8)18/h4-7,9-10,13,19-21H,1-3H2,(H,14,15,17)/t7-,9-,10+,13+/m1/s1. The quantitative estimate of drug-likeness (QED) is 0.506. The van der Waals surface area contributed by atoms with E-state index in [9.17, 15) is 10.2 Å². The number of anilines is 1. The molecule has 2 fully saturated rings. The van der Waals surface area contributed by atoms with E-state index in [4.69, 9.17) is 14.7 Å². The van der Waals surface area contributed by atoms with E-state index in [1.54, 1.807) is 0 Å². The molecule has 4 rings (SSSR count). The molecule has 124 valence electrons. The number of hydrogen-bond donors (Lipinski definition) is 4. The van der Waals surface area contributed by atoms with Gasteiger partial charge in [-0.05, 0) is 12.8 Å².